The standard InChI is InChI=1S/C4H7ClN6O/c5-1-2-7-4(12)11-3(6)8-9-10-11/h1-2H2,(H,7,12)(H2,6,8,10). The summed E-state index contributed by atoms with van der Waals surface area (Å²) in [6.07, 6.45) is 0. The summed E-state index contributed by atoms with van der Waals surface area (Å²) in [4.78, 5) is 11.1. The van der Waals surface area contributed by atoms with Gasteiger partial charge in [-0.1, -0.05) is 5.10 Å². The quantitative estimate of drug-likeness (QED) is 0.463. The molecule has 0 saturated heterocycles. The van der Waals surface area contributed by atoms with Crippen molar-refractivity contribution in [1.82, 2.24) is 25.5 Å². The van der Waals surface area contributed by atoms with E-state index in [-0.39, 0.29) is 5.95 Å². The minimum atomic E-state index is -0.488. The minimum Gasteiger partial charge on any atom is -0.366 e. The first kappa shape index (κ1) is 8.72. The summed E-state index contributed by atoms with van der Waals surface area (Å²) in [6.45, 7) is 0.347. The Balaban J connectivity index is 2.59. The lowest BCUT2D eigenvalue weighted by Gasteiger charge is -2.00. The third-order valence-electron chi connectivity index (χ3n) is 1.06. The van der Waals surface area contributed by atoms with Gasteiger partial charge < -0.3 is 11.1 Å². The van der Waals surface area contributed by atoms with Gasteiger partial charge in [0, 0.05) is 12.4 Å². The second kappa shape index (κ2) is 3.86. The molecule has 8 heteroatoms. The van der Waals surface area contributed by atoms with Crippen LogP contribution in [0.1, 0.15) is 0 Å². The van der Waals surface area contributed by atoms with E-state index >= 15 is 0 Å². The van der Waals surface area contributed by atoms with E-state index in [9.17, 15) is 4.79 Å². The fourth-order valence-electron chi connectivity index (χ4n) is 0.568. The van der Waals surface area contributed by atoms with Gasteiger partial charge in [-0.25, -0.2) is 4.79 Å². The highest BCUT2D eigenvalue weighted by atomic mass is 35.5. The third-order valence-corrected chi connectivity index (χ3v) is 1.25. The number of rotatable bonds is 2. The fourth-order valence-corrected chi connectivity index (χ4v) is 0.662. The van der Waals surface area contributed by atoms with Crippen LogP contribution < -0.4 is 11.1 Å². The Kier molecular flexibility index (Phi) is 2.81. The Morgan fingerprint density at radius 2 is 2.50 bits per heavy atom. The van der Waals surface area contributed by atoms with Crippen molar-refractivity contribution in [2.75, 3.05) is 18.2 Å². The monoisotopic (exact) mass is 190 g/mol. The number of nitrogens with one attached hydrogen (secondary N) is 1. The van der Waals surface area contributed by atoms with Gasteiger partial charge in [-0.3, -0.25) is 0 Å². The smallest absolute Gasteiger partial charge is 0.346 e. The van der Waals surface area contributed by atoms with Gasteiger partial charge in [0.05, 0.1) is 0 Å². The van der Waals surface area contributed by atoms with Crippen molar-refractivity contribution in [2.45, 2.75) is 0 Å². The van der Waals surface area contributed by atoms with Gasteiger partial charge >= 0.3 is 6.03 Å². The molecule has 0 radical (unpaired) electrons. The molecule has 1 aromatic rings. The molecule has 7 nitrogen and oxygen atoms in total. The molecule has 0 fully saturated rings. The molecule has 0 bridgehead atoms. The number of amides is 1. The number of carbonyl (C=O) groups is 1. The highest BCUT2D eigenvalue weighted by Gasteiger charge is 2.08. The summed E-state index contributed by atoms with van der Waals surface area (Å²) < 4.78 is 0.854. The van der Waals surface area contributed by atoms with E-state index in [4.69, 9.17) is 17.3 Å². The van der Waals surface area contributed by atoms with Crippen LogP contribution in [0.25, 0.3) is 0 Å². The lowest BCUT2D eigenvalue weighted by molar-refractivity contribution is 0.240. The maximum Gasteiger partial charge on any atom is 0.346 e. The maximum atomic E-state index is 11.1. The number of nitrogen functional groups attached to an aromatic ring is 1. The van der Waals surface area contributed by atoms with Gasteiger partial charge in [0.15, 0.2) is 0 Å². The topological polar surface area (TPSA) is 98.7 Å². The molecular formula is C4H7ClN6O. The Morgan fingerprint density at radius 3 is 3.00 bits per heavy atom. The van der Waals surface area contributed by atoms with Crippen molar-refractivity contribution in [1.29, 1.82) is 0 Å². The Hall–Kier alpha value is -1.37. The molecule has 0 aliphatic heterocycles. The Labute approximate surface area is 72.9 Å². The van der Waals surface area contributed by atoms with Gasteiger partial charge in [0.2, 0.25) is 5.95 Å². The SMILES string of the molecule is Nc1nnnn1C(=O)NCCCl. The van der Waals surface area contributed by atoms with Gasteiger partial charge in [0.1, 0.15) is 0 Å². The largest absolute Gasteiger partial charge is 0.366 e. The van der Waals surface area contributed by atoms with E-state index in [1.165, 1.54) is 0 Å². The molecule has 1 aromatic heterocycles. The van der Waals surface area contributed by atoms with Crippen LogP contribution >= 0.6 is 11.6 Å². The Morgan fingerprint density at radius 1 is 1.75 bits per heavy atom. The van der Waals surface area contributed by atoms with Crippen LogP contribution in [0.3, 0.4) is 0 Å². The first-order chi connectivity index (χ1) is 5.75. The molecule has 0 atom stereocenters. The fraction of sp³-hybridized carbons (Fsp3) is 0.500. The molecule has 0 aromatic carbocycles. The maximum absolute atomic E-state index is 11.1. The zero-order valence-electron chi connectivity index (χ0n) is 6.07. The van der Waals surface area contributed by atoms with Crippen LogP contribution in [0.2, 0.25) is 0 Å². The molecule has 0 saturated carbocycles. The molecule has 0 aliphatic rings. The molecular weight excluding hydrogens is 184 g/mol. The van der Waals surface area contributed by atoms with E-state index in [0.29, 0.717) is 12.4 Å². The molecule has 1 amide bonds. The molecule has 0 spiro atoms. The number of nitrogens with two attached hydrogens (primary N) is 1. The molecule has 3 N–H and O–H groups in total. The number of anilines is 1. The van der Waals surface area contributed by atoms with Crippen molar-refractivity contribution in [3.63, 3.8) is 0 Å². The summed E-state index contributed by atoms with van der Waals surface area (Å²) in [6, 6.07) is -0.488. The van der Waals surface area contributed by atoms with E-state index in [1.807, 2.05) is 0 Å². The summed E-state index contributed by atoms with van der Waals surface area (Å²) >= 11 is 5.34. The van der Waals surface area contributed by atoms with Crippen LogP contribution in [0.5, 0.6) is 0 Å². The van der Waals surface area contributed by atoms with Gasteiger partial charge in [0.25, 0.3) is 0 Å². The predicted molar refractivity (Wildman–Crippen MR) is 41.7 cm³/mol. The highest BCUT2D eigenvalue weighted by molar-refractivity contribution is 6.18. The summed E-state index contributed by atoms with van der Waals surface area (Å²) in [5.74, 6) is 0.274. The number of carbonyl (C=O) groups excluding carboxylic acids is 1. The van der Waals surface area contributed by atoms with E-state index < -0.39 is 6.03 Å². The minimum absolute atomic E-state index is 0.0536. The average Bonchev–Trinajstić information content (AvgIpc) is 2.47. The first-order valence-corrected chi connectivity index (χ1v) is 3.67. The van der Waals surface area contributed by atoms with Gasteiger partial charge in [-0.2, -0.15) is 0 Å². The average molecular weight is 191 g/mol. The summed E-state index contributed by atoms with van der Waals surface area (Å²) in [7, 11) is 0. The zero-order chi connectivity index (χ0) is 8.97. The number of tetrazole rings is 1. The lowest BCUT2D eigenvalue weighted by Crippen LogP contribution is -2.31. The predicted octanol–water partition coefficient (Wildman–Crippen LogP) is -0.948. The van der Waals surface area contributed by atoms with Crippen molar-refractivity contribution in [3.8, 4) is 0 Å². The molecule has 0 aliphatic carbocycles. The number of hydrogen-bond acceptors (Lipinski definition) is 5. The number of hydrogen-bond donors (Lipinski definition) is 2. The van der Waals surface area contributed by atoms with Crippen molar-refractivity contribution >= 4 is 23.6 Å². The molecule has 1 rings (SSSR count). The first-order valence-electron chi connectivity index (χ1n) is 3.13. The second-order valence-electron chi connectivity index (χ2n) is 1.87. The van der Waals surface area contributed by atoms with Crippen LogP contribution in [0.15, 0.2) is 0 Å². The number of nitrogens with zero attached hydrogens (tertiary/aromatic N) is 4. The molecule has 12 heavy (non-hydrogen) atoms. The lowest BCUT2D eigenvalue weighted by atomic mass is 10.7. The number of halogens is 1. The summed E-state index contributed by atoms with van der Waals surface area (Å²) in [5, 5.41) is 12.3. The van der Waals surface area contributed by atoms with E-state index in [2.05, 4.69) is 20.8 Å². The van der Waals surface area contributed by atoms with E-state index in [0.717, 1.165) is 4.68 Å². The van der Waals surface area contributed by atoms with Crippen LogP contribution in [-0.4, -0.2) is 38.7 Å². The number of alkyl halides is 1. The molecule has 66 valence electrons. The second-order valence-corrected chi connectivity index (χ2v) is 2.25. The van der Waals surface area contributed by atoms with E-state index in [1.54, 1.807) is 0 Å². The molecule has 1 heterocycles. The highest BCUT2D eigenvalue weighted by Crippen LogP contribution is 1.89. The van der Waals surface area contributed by atoms with Crippen LogP contribution in [0.4, 0.5) is 10.7 Å². The van der Waals surface area contributed by atoms with Crippen molar-refractivity contribution in [2.24, 2.45) is 0 Å². The van der Waals surface area contributed by atoms with Crippen LogP contribution in [-0.2, 0) is 0 Å². The Bertz CT molecular complexity index is 272. The van der Waals surface area contributed by atoms with Crippen molar-refractivity contribution in [3.05, 3.63) is 0 Å². The van der Waals surface area contributed by atoms with Gasteiger partial charge in [-0.15, -0.1) is 16.3 Å². The summed E-state index contributed by atoms with van der Waals surface area (Å²) in [5.41, 5.74) is 5.25. The van der Waals surface area contributed by atoms with Crippen molar-refractivity contribution < 1.29 is 4.79 Å². The zero-order valence-corrected chi connectivity index (χ0v) is 6.82. The normalized spacial score (nSPS) is 9.75. The third kappa shape index (κ3) is 1.82. The van der Waals surface area contributed by atoms with Crippen LogP contribution in [0, 0.1) is 0 Å². The number of aromatic nitrogens is 4. The molecule has 0 unspecified atom stereocenters. The van der Waals surface area contributed by atoms with Gasteiger partial charge in [-0.05, 0) is 10.4 Å².